The van der Waals surface area contributed by atoms with E-state index in [4.69, 9.17) is 18.0 Å². The lowest BCUT2D eigenvalue weighted by atomic mass is 10.1. The number of thiocarbonyl (C=S) groups is 1. The van der Waals surface area contributed by atoms with Crippen molar-refractivity contribution in [2.45, 2.75) is 13.8 Å². The second-order valence-corrected chi connectivity index (χ2v) is 5.08. The van der Waals surface area contributed by atoms with Gasteiger partial charge in [0.15, 0.2) is 0 Å². The summed E-state index contributed by atoms with van der Waals surface area (Å²) in [6.07, 6.45) is 0. The summed E-state index contributed by atoms with van der Waals surface area (Å²) in [5, 5.41) is 2.91. The Bertz CT molecular complexity index is 663. The first kappa shape index (κ1) is 14.2. The summed E-state index contributed by atoms with van der Waals surface area (Å²) in [6.45, 7) is 4.00. The molecule has 0 spiro atoms. The van der Waals surface area contributed by atoms with Crippen molar-refractivity contribution in [1.82, 2.24) is 0 Å². The first-order valence-electron chi connectivity index (χ1n) is 6.26. The van der Waals surface area contributed by atoms with Gasteiger partial charge in [-0.15, -0.1) is 0 Å². The van der Waals surface area contributed by atoms with Gasteiger partial charge in [0.25, 0.3) is 5.91 Å². The Morgan fingerprint density at radius 3 is 2.25 bits per heavy atom. The minimum absolute atomic E-state index is 0.145. The van der Waals surface area contributed by atoms with Crippen LogP contribution in [0.2, 0.25) is 0 Å². The van der Waals surface area contributed by atoms with Crippen LogP contribution in [0.3, 0.4) is 0 Å². The summed E-state index contributed by atoms with van der Waals surface area (Å²) >= 11 is 4.88. The minimum atomic E-state index is -0.145. The number of hydrogen-bond donors (Lipinski definition) is 2. The molecule has 4 heteroatoms. The molecular formula is C16H16N2OS. The van der Waals surface area contributed by atoms with Crippen LogP contribution in [0.15, 0.2) is 42.5 Å². The fourth-order valence-corrected chi connectivity index (χ4v) is 2.00. The van der Waals surface area contributed by atoms with Crippen LogP contribution < -0.4 is 11.1 Å². The van der Waals surface area contributed by atoms with Crippen molar-refractivity contribution >= 4 is 28.8 Å². The minimum Gasteiger partial charge on any atom is -0.389 e. The van der Waals surface area contributed by atoms with Gasteiger partial charge in [0.1, 0.15) is 4.99 Å². The van der Waals surface area contributed by atoms with Crippen LogP contribution in [0.1, 0.15) is 27.0 Å². The number of nitrogens with two attached hydrogens (primary N) is 1. The van der Waals surface area contributed by atoms with E-state index in [2.05, 4.69) is 5.32 Å². The number of aryl methyl sites for hydroxylation is 1. The molecule has 0 saturated heterocycles. The van der Waals surface area contributed by atoms with Crippen molar-refractivity contribution < 1.29 is 4.79 Å². The summed E-state index contributed by atoms with van der Waals surface area (Å²) in [4.78, 5) is 12.5. The van der Waals surface area contributed by atoms with Crippen LogP contribution in [-0.2, 0) is 0 Å². The zero-order valence-electron chi connectivity index (χ0n) is 11.4. The van der Waals surface area contributed by atoms with Crippen LogP contribution in [0.25, 0.3) is 0 Å². The summed E-state index contributed by atoms with van der Waals surface area (Å²) in [6, 6.07) is 12.8. The van der Waals surface area contributed by atoms with Crippen molar-refractivity contribution in [2.24, 2.45) is 5.73 Å². The molecule has 102 valence electrons. The Hall–Kier alpha value is -2.20. The molecule has 0 heterocycles. The van der Waals surface area contributed by atoms with E-state index in [-0.39, 0.29) is 5.91 Å². The lowest BCUT2D eigenvalue weighted by molar-refractivity contribution is 0.102. The lowest BCUT2D eigenvalue weighted by Crippen LogP contribution is -2.14. The van der Waals surface area contributed by atoms with Gasteiger partial charge in [-0.1, -0.05) is 36.5 Å². The third kappa shape index (κ3) is 3.03. The van der Waals surface area contributed by atoms with Gasteiger partial charge in [0.2, 0.25) is 0 Å². The third-order valence-electron chi connectivity index (χ3n) is 3.28. The molecule has 0 radical (unpaired) electrons. The highest BCUT2D eigenvalue weighted by atomic mass is 32.1. The molecule has 2 rings (SSSR count). The Morgan fingerprint density at radius 1 is 1.05 bits per heavy atom. The van der Waals surface area contributed by atoms with Crippen molar-refractivity contribution in [3.63, 3.8) is 0 Å². The second kappa shape index (κ2) is 5.84. The molecule has 2 aromatic rings. The molecule has 0 atom stereocenters. The molecule has 1 amide bonds. The van der Waals surface area contributed by atoms with Crippen LogP contribution >= 0.6 is 12.2 Å². The summed E-state index contributed by atoms with van der Waals surface area (Å²) in [5.41, 5.74) is 9.90. The molecule has 2 aromatic carbocycles. The lowest BCUT2D eigenvalue weighted by Gasteiger charge is -2.10. The number of hydrogen-bond acceptors (Lipinski definition) is 2. The fourth-order valence-electron chi connectivity index (χ4n) is 1.87. The Kier molecular flexibility index (Phi) is 4.15. The Morgan fingerprint density at radius 2 is 1.65 bits per heavy atom. The topological polar surface area (TPSA) is 55.1 Å². The average Bonchev–Trinajstić information content (AvgIpc) is 2.44. The van der Waals surface area contributed by atoms with E-state index in [1.807, 2.05) is 32.0 Å². The van der Waals surface area contributed by atoms with Crippen molar-refractivity contribution in [3.05, 3.63) is 64.7 Å². The molecule has 0 aliphatic carbocycles. The van der Waals surface area contributed by atoms with E-state index in [0.29, 0.717) is 10.6 Å². The zero-order valence-corrected chi connectivity index (χ0v) is 12.3. The van der Waals surface area contributed by atoms with Crippen molar-refractivity contribution in [3.8, 4) is 0 Å². The van der Waals surface area contributed by atoms with Gasteiger partial charge in [0, 0.05) is 16.8 Å². The van der Waals surface area contributed by atoms with E-state index < -0.39 is 0 Å². The van der Waals surface area contributed by atoms with Crippen LogP contribution in [0.4, 0.5) is 5.69 Å². The highest BCUT2D eigenvalue weighted by Crippen LogP contribution is 2.19. The molecule has 0 bridgehead atoms. The number of carbonyl (C=O) groups excluding carboxylic acids is 1. The van der Waals surface area contributed by atoms with Gasteiger partial charge in [-0.05, 0) is 43.2 Å². The number of amides is 1. The van der Waals surface area contributed by atoms with E-state index >= 15 is 0 Å². The van der Waals surface area contributed by atoms with Crippen LogP contribution in [0, 0.1) is 13.8 Å². The van der Waals surface area contributed by atoms with Gasteiger partial charge in [-0.2, -0.15) is 0 Å². The Labute approximate surface area is 123 Å². The first-order chi connectivity index (χ1) is 9.49. The Balaban J connectivity index is 2.20. The van der Waals surface area contributed by atoms with E-state index in [9.17, 15) is 4.79 Å². The molecule has 0 aromatic heterocycles. The molecule has 0 fully saturated rings. The van der Waals surface area contributed by atoms with Crippen LogP contribution in [0.5, 0.6) is 0 Å². The summed E-state index contributed by atoms with van der Waals surface area (Å²) < 4.78 is 0. The predicted octanol–water partition coefficient (Wildman–Crippen LogP) is 3.19. The fraction of sp³-hybridized carbons (Fsp3) is 0.125. The predicted molar refractivity (Wildman–Crippen MR) is 86.2 cm³/mol. The van der Waals surface area contributed by atoms with Crippen LogP contribution in [-0.4, -0.2) is 10.9 Å². The van der Waals surface area contributed by atoms with Gasteiger partial charge in [-0.25, -0.2) is 0 Å². The number of benzene rings is 2. The van der Waals surface area contributed by atoms with Crippen molar-refractivity contribution in [1.29, 1.82) is 0 Å². The van der Waals surface area contributed by atoms with Crippen molar-refractivity contribution in [2.75, 3.05) is 5.32 Å². The monoisotopic (exact) mass is 284 g/mol. The molecule has 0 unspecified atom stereocenters. The maximum absolute atomic E-state index is 12.2. The molecule has 20 heavy (non-hydrogen) atoms. The van der Waals surface area contributed by atoms with E-state index in [0.717, 1.165) is 22.4 Å². The van der Waals surface area contributed by atoms with E-state index in [1.54, 1.807) is 24.3 Å². The highest BCUT2D eigenvalue weighted by molar-refractivity contribution is 7.80. The smallest absolute Gasteiger partial charge is 0.255 e. The maximum atomic E-state index is 12.2. The molecule has 0 saturated carbocycles. The zero-order chi connectivity index (χ0) is 14.7. The van der Waals surface area contributed by atoms with Gasteiger partial charge < -0.3 is 11.1 Å². The molecule has 3 nitrogen and oxygen atoms in total. The normalized spacial score (nSPS) is 10.1. The first-order valence-corrected chi connectivity index (χ1v) is 6.67. The number of nitrogens with one attached hydrogen (secondary N) is 1. The molecular weight excluding hydrogens is 268 g/mol. The SMILES string of the molecule is Cc1cccc(NC(=O)c2ccc(C(N)=S)cc2)c1C. The molecule has 0 aliphatic rings. The molecule has 0 aliphatic heterocycles. The third-order valence-corrected chi connectivity index (χ3v) is 3.52. The largest absolute Gasteiger partial charge is 0.389 e. The van der Waals surface area contributed by atoms with E-state index in [1.165, 1.54) is 0 Å². The number of anilines is 1. The van der Waals surface area contributed by atoms with Gasteiger partial charge in [-0.3, -0.25) is 4.79 Å². The second-order valence-electron chi connectivity index (χ2n) is 4.64. The summed E-state index contributed by atoms with van der Waals surface area (Å²) in [5.74, 6) is -0.145. The quantitative estimate of drug-likeness (QED) is 0.851. The maximum Gasteiger partial charge on any atom is 0.255 e. The standard InChI is InChI=1S/C16H16N2OS/c1-10-4-3-5-14(11(10)2)18-16(19)13-8-6-12(7-9-13)15(17)20/h3-9H,1-2H3,(H2,17,20)(H,18,19). The number of rotatable bonds is 3. The molecule has 3 N–H and O–H groups in total. The highest BCUT2D eigenvalue weighted by Gasteiger charge is 2.08. The summed E-state index contributed by atoms with van der Waals surface area (Å²) in [7, 11) is 0. The number of carbonyl (C=O) groups is 1. The van der Waals surface area contributed by atoms with Gasteiger partial charge in [0.05, 0.1) is 0 Å². The van der Waals surface area contributed by atoms with Gasteiger partial charge >= 0.3 is 0 Å². The average molecular weight is 284 g/mol.